The Hall–Kier alpha value is -2.51. The van der Waals surface area contributed by atoms with Crippen molar-refractivity contribution in [3.8, 4) is 11.3 Å². The van der Waals surface area contributed by atoms with Crippen molar-refractivity contribution in [1.82, 2.24) is 9.97 Å². The van der Waals surface area contributed by atoms with Gasteiger partial charge in [0, 0.05) is 35.7 Å². The normalized spacial score (nSPS) is 10.6. The highest BCUT2D eigenvalue weighted by Gasteiger charge is 2.12. The van der Waals surface area contributed by atoms with Crippen LogP contribution in [0.25, 0.3) is 11.3 Å². The van der Waals surface area contributed by atoms with E-state index < -0.39 is 0 Å². The van der Waals surface area contributed by atoms with Crippen molar-refractivity contribution in [2.24, 2.45) is 0 Å². The first kappa shape index (κ1) is 17.3. The Morgan fingerprint density at radius 2 is 2.04 bits per heavy atom. The molecule has 2 heterocycles. The summed E-state index contributed by atoms with van der Waals surface area (Å²) in [4.78, 5) is 31.4. The zero-order chi connectivity index (χ0) is 17.8. The maximum absolute atomic E-state index is 12.0. The summed E-state index contributed by atoms with van der Waals surface area (Å²) >= 11 is 7.08. The number of ketones is 1. The van der Waals surface area contributed by atoms with E-state index in [2.05, 4.69) is 15.3 Å². The van der Waals surface area contributed by atoms with Crippen molar-refractivity contribution in [3.05, 3.63) is 52.4 Å². The molecule has 3 aromatic rings. The maximum Gasteiger partial charge on any atom is 0.226 e. The van der Waals surface area contributed by atoms with Crippen LogP contribution in [0.3, 0.4) is 0 Å². The molecule has 0 fully saturated rings. The van der Waals surface area contributed by atoms with Gasteiger partial charge in [0.1, 0.15) is 5.69 Å². The number of rotatable bonds is 6. The Kier molecular flexibility index (Phi) is 5.25. The summed E-state index contributed by atoms with van der Waals surface area (Å²) in [5.41, 5.74) is 1.22. The molecule has 0 aliphatic heterocycles. The van der Waals surface area contributed by atoms with Gasteiger partial charge in [-0.2, -0.15) is 0 Å². The molecular weight excluding hydrogens is 362 g/mol. The summed E-state index contributed by atoms with van der Waals surface area (Å²) in [5.74, 6) is 0.753. The van der Waals surface area contributed by atoms with Crippen LogP contribution in [0.4, 0.5) is 5.13 Å². The molecule has 0 aliphatic rings. The molecule has 1 N–H and O–H groups in total. The molecule has 0 spiro atoms. The number of aryl methyl sites for hydroxylation is 1. The van der Waals surface area contributed by atoms with E-state index in [-0.39, 0.29) is 18.1 Å². The summed E-state index contributed by atoms with van der Waals surface area (Å²) in [6.45, 7) is 1.43. The fourth-order valence-corrected chi connectivity index (χ4v) is 2.96. The van der Waals surface area contributed by atoms with Crippen LogP contribution >= 0.6 is 22.9 Å². The number of benzene rings is 1. The lowest BCUT2D eigenvalue weighted by Crippen LogP contribution is -2.12. The van der Waals surface area contributed by atoms with E-state index in [1.165, 1.54) is 18.3 Å². The predicted molar refractivity (Wildman–Crippen MR) is 96.0 cm³/mol. The van der Waals surface area contributed by atoms with Crippen LogP contribution in [-0.4, -0.2) is 21.7 Å². The van der Waals surface area contributed by atoms with Gasteiger partial charge in [0.05, 0.1) is 6.20 Å². The molecular formula is C17H14ClN3O3S. The number of halogens is 1. The van der Waals surface area contributed by atoms with E-state index in [1.54, 1.807) is 23.7 Å². The molecule has 0 saturated heterocycles. The van der Waals surface area contributed by atoms with Gasteiger partial charge in [-0.15, -0.1) is 11.3 Å². The van der Waals surface area contributed by atoms with Gasteiger partial charge in [0.2, 0.25) is 5.91 Å². The van der Waals surface area contributed by atoms with Crippen molar-refractivity contribution < 1.29 is 14.0 Å². The SMILES string of the molecule is CC(=O)c1csc(NC(=O)CCc2ncc(-c3ccc(Cl)cc3)o2)n1. The van der Waals surface area contributed by atoms with Crippen LogP contribution < -0.4 is 5.32 Å². The number of nitrogens with one attached hydrogen (secondary N) is 1. The zero-order valence-corrected chi connectivity index (χ0v) is 14.9. The van der Waals surface area contributed by atoms with Crippen LogP contribution in [0.2, 0.25) is 5.02 Å². The lowest BCUT2D eigenvalue weighted by atomic mass is 10.2. The van der Waals surface area contributed by atoms with E-state index in [9.17, 15) is 9.59 Å². The highest BCUT2D eigenvalue weighted by Crippen LogP contribution is 2.23. The lowest BCUT2D eigenvalue weighted by Gasteiger charge is -2.00. The Balaban J connectivity index is 1.55. The van der Waals surface area contributed by atoms with E-state index in [1.807, 2.05) is 12.1 Å². The third-order valence-corrected chi connectivity index (χ3v) is 4.37. The minimum atomic E-state index is -0.212. The first-order valence-electron chi connectivity index (χ1n) is 7.48. The molecule has 0 bridgehead atoms. The van der Waals surface area contributed by atoms with Crippen LogP contribution in [-0.2, 0) is 11.2 Å². The second kappa shape index (κ2) is 7.58. The van der Waals surface area contributed by atoms with E-state index in [0.29, 0.717) is 33.9 Å². The number of aromatic nitrogens is 2. The number of Topliss-reactive ketones (excluding diaryl/α,β-unsaturated/α-hetero) is 1. The Labute approximate surface area is 152 Å². The quantitative estimate of drug-likeness (QED) is 0.652. The average molecular weight is 376 g/mol. The molecule has 0 saturated carbocycles. The summed E-state index contributed by atoms with van der Waals surface area (Å²) in [6.07, 6.45) is 2.19. The van der Waals surface area contributed by atoms with E-state index in [4.69, 9.17) is 16.0 Å². The van der Waals surface area contributed by atoms with Crippen LogP contribution in [0, 0.1) is 0 Å². The van der Waals surface area contributed by atoms with Gasteiger partial charge in [-0.05, 0) is 24.3 Å². The number of oxazole rings is 1. The molecule has 25 heavy (non-hydrogen) atoms. The molecule has 128 valence electrons. The summed E-state index contributed by atoms with van der Waals surface area (Å²) < 4.78 is 5.65. The molecule has 0 aliphatic carbocycles. The highest BCUT2D eigenvalue weighted by molar-refractivity contribution is 7.14. The Bertz CT molecular complexity index is 902. The van der Waals surface area contributed by atoms with Crippen molar-refractivity contribution in [3.63, 3.8) is 0 Å². The second-order valence-corrected chi connectivity index (χ2v) is 6.56. The minimum absolute atomic E-state index is 0.133. The van der Waals surface area contributed by atoms with Gasteiger partial charge in [0.15, 0.2) is 22.6 Å². The van der Waals surface area contributed by atoms with Crippen LogP contribution in [0.1, 0.15) is 29.7 Å². The Morgan fingerprint density at radius 3 is 2.72 bits per heavy atom. The van der Waals surface area contributed by atoms with Crippen molar-refractivity contribution in [1.29, 1.82) is 0 Å². The largest absolute Gasteiger partial charge is 0.441 e. The maximum atomic E-state index is 12.0. The number of hydrogen-bond acceptors (Lipinski definition) is 6. The smallest absolute Gasteiger partial charge is 0.226 e. The topological polar surface area (TPSA) is 85.1 Å². The Morgan fingerprint density at radius 1 is 1.28 bits per heavy atom. The predicted octanol–water partition coefficient (Wildman–Crippen LogP) is 4.23. The van der Waals surface area contributed by atoms with E-state index >= 15 is 0 Å². The molecule has 6 nitrogen and oxygen atoms in total. The molecule has 8 heteroatoms. The third-order valence-electron chi connectivity index (χ3n) is 3.36. The summed E-state index contributed by atoms with van der Waals surface area (Å²) in [6, 6.07) is 7.23. The molecule has 1 amide bonds. The highest BCUT2D eigenvalue weighted by atomic mass is 35.5. The number of carbonyl (C=O) groups excluding carboxylic acids is 2. The number of amides is 1. The van der Waals surface area contributed by atoms with Gasteiger partial charge in [0.25, 0.3) is 0 Å². The van der Waals surface area contributed by atoms with Gasteiger partial charge < -0.3 is 9.73 Å². The van der Waals surface area contributed by atoms with Crippen molar-refractivity contribution in [2.45, 2.75) is 19.8 Å². The monoisotopic (exact) mass is 375 g/mol. The molecule has 2 aromatic heterocycles. The number of carbonyl (C=O) groups is 2. The number of thiazole rings is 1. The van der Waals surface area contributed by atoms with Gasteiger partial charge in [-0.25, -0.2) is 9.97 Å². The fraction of sp³-hybridized carbons (Fsp3) is 0.176. The van der Waals surface area contributed by atoms with Gasteiger partial charge >= 0.3 is 0 Å². The minimum Gasteiger partial charge on any atom is -0.441 e. The molecule has 3 rings (SSSR count). The zero-order valence-electron chi connectivity index (χ0n) is 13.3. The average Bonchev–Trinajstić information content (AvgIpc) is 3.23. The number of anilines is 1. The van der Waals surface area contributed by atoms with Crippen LogP contribution in [0.5, 0.6) is 0 Å². The van der Waals surface area contributed by atoms with Gasteiger partial charge in [-0.1, -0.05) is 11.6 Å². The fourth-order valence-electron chi connectivity index (χ4n) is 2.07. The second-order valence-electron chi connectivity index (χ2n) is 5.27. The molecule has 0 radical (unpaired) electrons. The first-order chi connectivity index (χ1) is 12.0. The summed E-state index contributed by atoms with van der Waals surface area (Å²) in [5, 5.41) is 5.34. The van der Waals surface area contributed by atoms with E-state index in [0.717, 1.165) is 5.56 Å². The standard InChI is InChI=1S/C17H14ClN3O3S/c1-10(22)13-9-25-17(20-13)21-15(23)6-7-16-19-8-14(24-16)11-2-4-12(18)5-3-11/h2-5,8-9H,6-7H2,1H3,(H,20,21,23). The van der Waals surface area contributed by atoms with Crippen molar-refractivity contribution in [2.75, 3.05) is 5.32 Å². The molecule has 0 unspecified atom stereocenters. The van der Waals surface area contributed by atoms with Crippen molar-refractivity contribution >= 4 is 39.8 Å². The first-order valence-corrected chi connectivity index (χ1v) is 8.74. The third kappa shape index (κ3) is 4.52. The lowest BCUT2D eigenvalue weighted by molar-refractivity contribution is -0.116. The van der Waals surface area contributed by atoms with Gasteiger partial charge in [-0.3, -0.25) is 9.59 Å². The summed E-state index contributed by atoms with van der Waals surface area (Å²) in [7, 11) is 0. The molecule has 1 aromatic carbocycles. The van der Waals surface area contributed by atoms with Crippen LogP contribution in [0.15, 0.2) is 40.3 Å². The molecule has 0 atom stereocenters. The number of nitrogens with zero attached hydrogens (tertiary/aromatic N) is 2. The number of hydrogen-bond donors (Lipinski definition) is 1.